The summed E-state index contributed by atoms with van der Waals surface area (Å²) < 4.78 is 22.8. The van der Waals surface area contributed by atoms with Crippen LogP contribution in [0.4, 0.5) is 0 Å². The fourth-order valence-electron chi connectivity index (χ4n) is 0.407. The minimum atomic E-state index is -2.61. The molecule has 0 aromatic rings. The third kappa shape index (κ3) is 87.7. The first-order chi connectivity index (χ1) is 5.86. The summed E-state index contributed by atoms with van der Waals surface area (Å²) in [5.74, 6) is 0.125. The van der Waals surface area contributed by atoms with Crippen molar-refractivity contribution >= 4 is 53.5 Å². The van der Waals surface area contributed by atoms with E-state index < -0.39 is 11.4 Å². The zero-order chi connectivity index (χ0) is 11.4. The van der Waals surface area contributed by atoms with Gasteiger partial charge in [0.05, 0.1) is 0 Å². The zero-order valence-electron chi connectivity index (χ0n) is 7.81. The van der Waals surface area contributed by atoms with E-state index in [1.54, 1.807) is 13.0 Å². The average Bonchev–Trinajstić information content (AvgIpc) is 1.87. The molecule has 0 aromatic carbocycles. The number of carbonyl (C=O) groups is 2. The number of ketones is 1. The van der Waals surface area contributed by atoms with E-state index >= 15 is 0 Å². The molecule has 0 rings (SSSR count). The summed E-state index contributed by atoms with van der Waals surface area (Å²) in [4.78, 5) is 18.2. The maximum atomic E-state index is 10.2. The van der Waals surface area contributed by atoms with Crippen molar-refractivity contribution < 1.29 is 22.9 Å². The minimum absolute atomic E-state index is 0. The zero-order valence-corrected chi connectivity index (χ0v) is 8.63. The first-order valence-electron chi connectivity index (χ1n) is 3.10. The van der Waals surface area contributed by atoms with Crippen LogP contribution in [0.1, 0.15) is 20.8 Å². The summed E-state index contributed by atoms with van der Waals surface area (Å²) in [5, 5.41) is 0. The molecule has 0 heterocycles. The molecule has 0 atom stereocenters. The van der Waals surface area contributed by atoms with Crippen LogP contribution in [-0.4, -0.2) is 55.4 Å². The molecule has 0 saturated heterocycles. The molecule has 0 amide bonds. The molecule has 14 heavy (non-hydrogen) atoms. The van der Waals surface area contributed by atoms with E-state index in [4.69, 9.17) is 18.1 Å². The van der Waals surface area contributed by atoms with Crippen molar-refractivity contribution in [1.29, 1.82) is 0 Å². The van der Waals surface area contributed by atoms with Gasteiger partial charge in [0.2, 0.25) is 0 Å². The van der Waals surface area contributed by atoms with E-state index in [0.717, 1.165) is 5.57 Å². The van der Waals surface area contributed by atoms with Gasteiger partial charge in [0.15, 0.2) is 5.78 Å². The molecule has 0 saturated carbocycles. The SMILES string of the molecule is C=O.CC(=O)C=C(C)C.O=S(O)O.[NaH]. The monoisotopic (exact) mass is 234 g/mol. The van der Waals surface area contributed by atoms with Crippen molar-refractivity contribution in [3.63, 3.8) is 0 Å². The van der Waals surface area contributed by atoms with E-state index in [2.05, 4.69) is 0 Å². The normalized spacial score (nSPS) is 6.71. The van der Waals surface area contributed by atoms with Gasteiger partial charge in [0, 0.05) is 0 Å². The maximum absolute atomic E-state index is 10.2. The van der Waals surface area contributed by atoms with Gasteiger partial charge in [-0.3, -0.25) is 13.9 Å². The second kappa shape index (κ2) is 18.8. The van der Waals surface area contributed by atoms with E-state index in [9.17, 15) is 4.79 Å². The Hall–Kier alpha value is 0.150. The van der Waals surface area contributed by atoms with Gasteiger partial charge in [-0.25, -0.2) is 0 Å². The molecule has 0 unspecified atom stereocenters. The molecule has 0 bridgehead atoms. The number of allylic oxidation sites excluding steroid dienone is 2. The van der Waals surface area contributed by atoms with Crippen molar-refractivity contribution in [2.24, 2.45) is 0 Å². The quantitative estimate of drug-likeness (QED) is 0.389. The summed E-state index contributed by atoms with van der Waals surface area (Å²) >= 11 is -2.61. The van der Waals surface area contributed by atoms with Gasteiger partial charge in [0.25, 0.3) is 11.4 Å². The predicted molar refractivity (Wildman–Crippen MR) is 57.8 cm³/mol. The number of hydrogen-bond donors (Lipinski definition) is 2. The molecule has 0 fully saturated rings. The first kappa shape index (κ1) is 23.8. The van der Waals surface area contributed by atoms with Crippen molar-refractivity contribution in [2.75, 3.05) is 0 Å². The van der Waals surface area contributed by atoms with Crippen LogP contribution in [0.25, 0.3) is 0 Å². The molecular weight excluding hydrogens is 219 g/mol. The summed E-state index contributed by atoms with van der Waals surface area (Å²) in [5.41, 5.74) is 1.06. The number of carbonyl (C=O) groups excluding carboxylic acids is 2. The summed E-state index contributed by atoms with van der Waals surface area (Å²) in [7, 11) is 0. The van der Waals surface area contributed by atoms with Crippen LogP contribution in [0.2, 0.25) is 0 Å². The van der Waals surface area contributed by atoms with Gasteiger partial charge in [-0.1, -0.05) is 5.57 Å². The topological polar surface area (TPSA) is 91.7 Å². The average molecular weight is 234 g/mol. The second-order valence-electron chi connectivity index (χ2n) is 2.06. The molecule has 5 nitrogen and oxygen atoms in total. The van der Waals surface area contributed by atoms with E-state index in [1.165, 1.54) is 0 Å². The Morgan fingerprint density at radius 2 is 1.43 bits per heavy atom. The molecule has 80 valence electrons. The van der Waals surface area contributed by atoms with Crippen LogP contribution in [0, 0.1) is 0 Å². The van der Waals surface area contributed by atoms with Crippen LogP contribution in [0.15, 0.2) is 11.6 Å². The molecule has 2 N–H and O–H groups in total. The molecular formula is C7H15NaO5S. The fraction of sp³-hybridized carbons (Fsp3) is 0.429. The molecule has 0 aliphatic carbocycles. The Bertz CT molecular complexity index is 185. The fourth-order valence-corrected chi connectivity index (χ4v) is 0.407. The first-order valence-corrected chi connectivity index (χ1v) is 4.17. The van der Waals surface area contributed by atoms with Crippen LogP contribution in [0.5, 0.6) is 0 Å². The van der Waals surface area contributed by atoms with E-state index in [0.29, 0.717) is 0 Å². The summed E-state index contributed by atoms with van der Waals surface area (Å²) in [6.45, 7) is 7.36. The number of rotatable bonds is 1. The van der Waals surface area contributed by atoms with E-state index in [1.807, 2.05) is 20.6 Å². The van der Waals surface area contributed by atoms with Crippen LogP contribution >= 0.6 is 0 Å². The number of hydrogen-bond acceptors (Lipinski definition) is 3. The Labute approximate surface area is 108 Å². The molecule has 0 spiro atoms. The summed E-state index contributed by atoms with van der Waals surface area (Å²) in [6.07, 6.45) is 1.61. The van der Waals surface area contributed by atoms with Gasteiger partial charge in [-0.15, -0.1) is 0 Å². The van der Waals surface area contributed by atoms with Crippen LogP contribution in [-0.2, 0) is 21.0 Å². The van der Waals surface area contributed by atoms with Gasteiger partial charge in [-0.05, 0) is 26.8 Å². The van der Waals surface area contributed by atoms with Crippen molar-refractivity contribution in [3.05, 3.63) is 11.6 Å². The third-order valence-corrected chi connectivity index (χ3v) is 0.492. The Kier molecular flexibility index (Phi) is 32.0. The Balaban J connectivity index is -0.0000000620. The molecule has 0 radical (unpaired) electrons. The standard InChI is InChI=1S/C6H10O.CH2O.Na.H2O3S.H/c1-5(2)4-6(3)7;1-2;;1-4(2)3;/h4H,1-3H3;1H2;;(H2,1,2,3);. The molecule has 0 aromatic heterocycles. The molecule has 7 heteroatoms. The second-order valence-corrected chi connectivity index (χ2v) is 2.52. The van der Waals surface area contributed by atoms with Crippen molar-refractivity contribution in [2.45, 2.75) is 20.8 Å². The van der Waals surface area contributed by atoms with Gasteiger partial charge in [-0.2, -0.15) is 4.21 Å². The van der Waals surface area contributed by atoms with Crippen LogP contribution < -0.4 is 0 Å². The van der Waals surface area contributed by atoms with Gasteiger partial charge >= 0.3 is 29.6 Å². The van der Waals surface area contributed by atoms with E-state index in [-0.39, 0.29) is 35.3 Å². The Morgan fingerprint density at radius 3 is 1.43 bits per heavy atom. The van der Waals surface area contributed by atoms with Crippen molar-refractivity contribution in [1.82, 2.24) is 0 Å². The Morgan fingerprint density at radius 1 is 1.21 bits per heavy atom. The van der Waals surface area contributed by atoms with Crippen LogP contribution in [0.3, 0.4) is 0 Å². The van der Waals surface area contributed by atoms with Gasteiger partial charge < -0.3 is 4.79 Å². The van der Waals surface area contributed by atoms with Gasteiger partial charge in [0.1, 0.15) is 6.79 Å². The molecule has 0 aliphatic rings. The summed E-state index contributed by atoms with van der Waals surface area (Å²) in [6, 6.07) is 0. The predicted octanol–water partition coefficient (Wildman–Crippen LogP) is 0.389. The third-order valence-electron chi connectivity index (χ3n) is 0.492. The van der Waals surface area contributed by atoms with Crippen molar-refractivity contribution in [3.8, 4) is 0 Å². The molecule has 0 aliphatic heterocycles.